The zero-order chi connectivity index (χ0) is 10.7. The number of halogens is 1. The first-order chi connectivity index (χ1) is 7.33. The molecule has 0 radical (unpaired) electrons. The molecular weight excluding hydrogens is 274 g/mol. The smallest absolute Gasteiger partial charge is 0.0968 e. The Morgan fingerprint density at radius 3 is 3.20 bits per heavy atom. The maximum Gasteiger partial charge on any atom is 0.0968 e. The molecule has 84 valence electrons. The van der Waals surface area contributed by atoms with Gasteiger partial charge in [0.05, 0.1) is 6.10 Å². The predicted molar refractivity (Wildman–Crippen MR) is 67.4 cm³/mol. The zero-order valence-electron chi connectivity index (χ0n) is 8.83. The van der Waals surface area contributed by atoms with Crippen LogP contribution in [-0.2, 0) is 4.74 Å². The number of nitrogens with one attached hydrogen (secondary N) is 1. The van der Waals surface area contributed by atoms with Gasteiger partial charge in [0.1, 0.15) is 0 Å². The third kappa shape index (κ3) is 2.61. The molecule has 0 aromatic carbocycles. The standard InChI is InChI=1S/C11H16BrNOS/c1-13-7-8-3-2-5-14-10(8)11-9(12)4-6-15-11/h4,6,8,10,13H,2-3,5,7H2,1H3. The Morgan fingerprint density at radius 1 is 1.67 bits per heavy atom. The molecule has 2 nitrogen and oxygen atoms in total. The van der Waals surface area contributed by atoms with Crippen LogP contribution in [0.3, 0.4) is 0 Å². The van der Waals surface area contributed by atoms with Gasteiger partial charge in [-0.2, -0.15) is 0 Å². The topological polar surface area (TPSA) is 21.3 Å². The fraction of sp³-hybridized carbons (Fsp3) is 0.636. The van der Waals surface area contributed by atoms with Crippen molar-refractivity contribution in [3.05, 3.63) is 20.8 Å². The molecule has 1 aliphatic heterocycles. The molecule has 2 heterocycles. The lowest BCUT2D eigenvalue weighted by molar-refractivity contribution is -0.0254. The lowest BCUT2D eigenvalue weighted by Gasteiger charge is -2.31. The van der Waals surface area contributed by atoms with E-state index in [0.717, 1.165) is 13.2 Å². The van der Waals surface area contributed by atoms with Crippen LogP contribution in [0.15, 0.2) is 15.9 Å². The van der Waals surface area contributed by atoms with Crippen molar-refractivity contribution in [2.24, 2.45) is 5.92 Å². The molecule has 15 heavy (non-hydrogen) atoms. The van der Waals surface area contributed by atoms with Crippen molar-refractivity contribution < 1.29 is 4.74 Å². The second kappa shape index (κ2) is 5.43. The third-order valence-corrected chi connectivity index (χ3v) is 4.75. The van der Waals surface area contributed by atoms with E-state index in [2.05, 4.69) is 32.7 Å². The molecule has 1 N–H and O–H groups in total. The molecule has 0 saturated carbocycles. The van der Waals surface area contributed by atoms with E-state index in [1.807, 2.05) is 7.05 Å². The van der Waals surface area contributed by atoms with E-state index >= 15 is 0 Å². The number of thiophene rings is 1. The Hall–Kier alpha value is 0.100. The van der Waals surface area contributed by atoms with Crippen molar-refractivity contribution in [3.8, 4) is 0 Å². The average molecular weight is 290 g/mol. The highest BCUT2D eigenvalue weighted by Crippen LogP contribution is 2.39. The van der Waals surface area contributed by atoms with E-state index < -0.39 is 0 Å². The van der Waals surface area contributed by atoms with Gasteiger partial charge in [-0.05, 0) is 47.3 Å². The van der Waals surface area contributed by atoms with Crippen molar-refractivity contribution in [1.29, 1.82) is 0 Å². The third-order valence-electron chi connectivity index (χ3n) is 2.81. The Labute approximate surface area is 103 Å². The molecule has 4 heteroatoms. The summed E-state index contributed by atoms with van der Waals surface area (Å²) in [6.45, 7) is 1.93. The van der Waals surface area contributed by atoms with Gasteiger partial charge < -0.3 is 10.1 Å². The van der Waals surface area contributed by atoms with Gasteiger partial charge in [-0.15, -0.1) is 11.3 Å². The summed E-state index contributed by atoms with van der Waals surface area (Å²) in [5.74, 6) is 0.610. The van der Waals surface area contributed by atoms with E-state index in [1.54, 1.807) is 11.3 Å². The summed E-state index contributed by atoms with van der Waals surface area (Å²) >= 11 is 5.38. The maximum absolute atomic E-state index is 5.91. The lowest BCUT2D eigenvalue weighted by Crippen LogP contribution is -2.30. The highest BCUT2D eigenvalue weighted by Gasteiger charge is 2.29. The summed E-state index contributed by atoms with van der Waals surface area (Å²) in [6, 6.07) is 2.11. The van der Waals surface area contributed by atoms with Crippen molar-refractivity contribution in [1.82, 2.24) is 5.32 Å². The zero-order valence-corrected chi connectivity index (χ0v) is 11.2. The van der Waals surface area contributed by atoms with Crippen LogP contribution in [0.5, 0.6) is 0 Å². The molecular formula is C11H16BrNOS. The molecule has 1 saturated heterocycles. The highest BCUT2D eigenvalue weighted by molar-refractivity contribution is 9.10. The first-order valence-corrected chi connectivity index (χ1v) is 6.99. The SMILES string of the molecule is CNCC1CCCOC1c1sccc1Br. The molecule has 1 aromatic rings. The first-order valence-electron chi connectivity index (χ1n) is 5.32. The maximum atomic E-state index is 5.91. The van der Waals surface area contributed by atoms with Gasteiger partial charge in [-0.25, -0.2) is 0 Å². The van der Waals surface area contributed by atoms with Crippen LogP contribution in [0.4, 0.5) is 0 Å². The van der Waals surface area contributed by atoms with Crippen molar-refractivity contribution in [3.63, 3.8) is 0 Å². The van der Waals surface area contributed by atoms with Crippen molar-refractivity contribution in [2.75, 3.05) is 20.2 Å². The number of hydrogen-bond donors (Lipinski definition) is 1. The van der Waals surface area contributed by atoms with Gasteiger partial charge in [0.15, 0.2) is 0 Å². The molecule has 0 spiro atoms. The van der Waals surface area contributed by atoms with Crippen molar-refractivity contribution >= 4 is 27.3 Å². The molecule has 1 aromatic heterocycles. The summed E-state index contributed by atoms with van der Waals surface area (Å²) in [5.41, 5.74) is 0. The second-order valence-corrected chi connectivity index (χ2v) is 5.69. The van der Waals surface area contributed by atoms with Gasteiger partial charge in [-0.1, -0.05) is 0 Å². The van der Waals surface area contributed by atoms with Crippen LogP contribution in [-0.4, -0.2) is 20.2 Å². The monoisotopic (exact) mass is 289 g/mol. The van der Waals surface area contributed by atoms with Gasteiger partial charge in [-0.3, -0.25) is 0 Å². The molecule has 0 amide bonds. The fourth-order valence-electron chi connectivity index (χ4n) is 2.11. The minimum absolute atomic E-state index is 0.278. The molecule has 2 rings (SSSR count). The van der Waals surface area contributed by atoms with Gasteiger partial charge in [0.25, 0.3) is 0 Å². The van der Waals surface area contributed by atoms with Gasteiger partial charge in [0, 0.05) is 28.4 Å². The largest absolute Gasteiger partial charge is 0.372 e. The number of ether oxygens (including phenoxy) is 1. The van der Waals surface area contributed by atoms with Crippen LogP contribution in [0, 0.1) is 5.92 Å². The molecule has 2 atom stereocenters. The lowest BCUT2D eigenvalue weighted by atomic mass is 9.93. The fourth-order valence-corrected chi connectivity index (χ4v) is 3.85. The van der Waals surface area contributed by atoms with Gasteiger partial charge in [0.2, 0.25) is 0 Å². The Balaban J connectivity index is 2.14. The summed E-state index contributed by atoms with van der Waals surface area (Å²) in [6.07, 6.45) is 2.72. The minimum Gasteiger partial charge on any atom is -0.372 e. The summed E-state index contributed by atoms with van der Waals surface area (Å²) in [4.78, 5) is 1.34. The molecule has 1 aliphatic rings. The number of rotatable bonds is 3. The molecule has 0 bridgehead atoms. The van der Waals surface area contributed by atoms with E-state index in [0.29, 0.717) is 5.92 Å². The van der Waals surface area contributed by atoms with Gasteiger partial charge >= 0.3 is 0 Å². The van der Waals surface area contributed by atoms with Crippen LogP contribution >= 0.6 is 27.3 Å². The second-order valence-electron chi connectivity index (χ2n) is 3.88. The first kappa shape index (κ1) is 11.6. The van der Waals surface area contributed by atoms with E-state index in [9.17, 15) is 0 Å². The Morgan fingerprint density at radius 2 is 2.53 bits per heavy atom. The number of hydrogen-bond acceptors (Lipinski definition) is 3. The normalized spacial score (nSPS) is 26.8. The highest BCUT2D eigenvalue weighted by atomic mass is 79.9. The van der Waals surface area contributed by atoms with Crippen LogP contribution in [0.1, 0.15) is 23.8 Å². The van der Waals surface area contributed by atoms with Crippen LogP contribution in [0.2, 0.25) is 0 Å². The summed E-state index contributed by atoms with van der Waals surface area (Å²) < 4.78 is 7.10. The van der Waals surface area contributed by atoms with Crippen LogP contribution < -0.4 is 5.32 Å². The van der Waals surface area contributed by atoms with E-state index in [4.69, 9.17) is 4.74 Å². The molecule has 2 unspecified atom stereocenters. The predicted octanol–water partition coefficient (Wildman–Crippen LogP) is 3.20. The minimum atomic E-state index is 0.278. The van der Waals surface area contributed by atoms with E-state index in [1.165, 1.54) is 22.2 Å². The van der Waals surface area contributed by atoms with Crippen molar-refractivity contribution in [2.45, 2.75) is 18.9 Å². The summed E-state index contributed by atoms with van der Waals surface area (Å²) in [5, 5.41) is 5.38. The Kier molecular flexibility index (Phi) is 4.20. The molecule has 0 aliphatic carbocycles. The summed E-state index contributed by atoms with van der Waals surface area (Å²) in [7, 11) is 2.01. The Bertz CT molecular complexity index is 313. The van der Waals surface area contributed by atoms with Crippen LogP contribution in [0.25, 0.3) is 0 Å². The molecule has 1 fully saturated rings. The average Bonchev–Trinajstić information content (AvgIpc) is 2.66. The quantitative estimate of drug-likeness (QED) is 0.923. The van der Waals surface area contributed by atoms with E-state index in [-0.39, 0.29) is 6.10 Å².